The molecule has 20 heavy (non-hydrogen) atoms. The molecular weight excluding hydrogens is 260 g/mol. The summed E-state index contributed by atoms with van der Waals surface area (Å²) in [6.45, 7) is 2.23. The molecule has 0 saturated carbocycles. The Balaban J connectivity index is 2.73. The van der Waals surface area contributed by atoms with Gasteiger partial charge in [0.15, 0.2) is 0 Å². The van der Waals surface area contributed by atoms with Gasteiger partial charge in [-0.25, -0.2) is 0 Å². The minimum atomic E-state index is -0.236. The zero-order valence-corrected chi connectivity index (χ0v) is 12.0. The first-order valence-corrected chi connectivity index (χ1v) is 6.26. The Hall–Kier alpha value is -2.08. The lowest BCUT2D eigenvalue weighted by atomic mass is 10.2. The van der Waals surface area contributed by atoms with Crippen LogP contribution in [-0.4, -0.2) is 45.7 Å². The molecule has 0 atom stereocenters. The van der Waals surface area contributed by atoms with Crippen LogP contribution in [0.2, 0.25) is 0 Å². The van der Waals surface area contributed by atoms with Gasteiger partial charge in [0.1, 0.15) is 12.3 Å². The van der Waals surface area contributed by atoms with E-state index in [1.807, 2.05) is 0 Å². The Kier molecular flexibility index (Phi) is 6.52. The van der Waals surface area contributed by atoms with E-state index in [9.17, 15) is 9.59 Å². The van der Waals surface area contributed by atoms with Gasteiger partial charge in [-0.1, -0.05) is 6.07 Å². The fourth-order valence-corrected chi connectivity index (χ4v) is 1.65. The minimum Gasteiger partial charge on any atom is -0.497 e. The molecule has 6 nitrogen and oxygen atoms in total. The summed E-state index contributed by atoms with van der Waals surface area (Å²) in [5.41, 5.74) is 0.624. The second kappa shape index (κ2) is 8.16. The molecule has 1 aromatic rings. The van der Waals surface area contributed by atoms with Crippen molar-refractivity contribution in [1.82, 2.24) is 5.32 Å². The molecule has 0 radical (unpaired) electrons. The van der Waals surface area contributed by atoms with Gasteiger partial charge in [-0.2, -0.15) is 0 Å². The number of hydrogen-bond acceptors (Lipinski definition) is 4. The van der Waals surface area contributed by atoms with Crippen molar-refractivity contribution in [2.24, 2.45) is 0 Å². The first-order chi connectivity index (χ1) is 9.58. The lowest BCUT2D eigenvalue weighted by Gasteiger charge is -2.21. The number of nitrogens with one attached hydrogen (secondary N) is 1. The first kappa shape index (κ1) is 16.0. The number of methoxy groups -OCH3 is 2. The van der Waals surface area contributed by atoms with Gasteiger partial charge in [-0.3, -0.25) is 9.59 Å². The van der Waals surface area contributed by atoms with E-state index in [2.05, 4.69) is 5.32 Å². The van der Waals surface area contributed by atoms with Gasteiger partial charge in [0.2, 0.25) is 11.8 Å². The van der Waals surface area contributed by atoms with E-state index >= 15 is 0 Å². The molecule has 110 valence electrons. The number of carbonyl (C=O) groups excluding carboxylic acids is 2. The molecule has 0 bridgehead atoms. The first-order valence-electron chi connectivity index (χ1n) is 6.26. The molecule has 2 amide bonds. The van der Waals surface area contributed by atoms with Crippen LogP contribution in [0.4, 0.5) is 5.69 Å². The largest absolute Gasteiger partial charge is 0.497 e. The Morgan fingerprint density at radius 2 is 2.05 bits per heavy atom. The lowest BCUT2D eigenvalue weighted by molar-refractivity contribution is -0.123. The molecule has 1 rings (SSSR count). The molecular formula is C14H20N2O4. The van der Waals surface area contributed by atoms with Crippen molar-refractivity contribution in [3.8, 4) is 5.75 Å². The zero-order chi connectivity index (χ0) is 15.0. The van der Waals surface area contributed by atoms with Crippen molar-refractivity contribution in [2.45, 2.75) is 6.92 Å². The second-order valence-electron chi connectivity index (χ2n) is 4.15. The van der Waals surface area contributed by atoms with Crippen LogP contribution in [0.15, 0.2) is 24.3 Å². The summed E-state index contributed by atoms with van der Waals surface area (Å²) in [5.74, 6) is 0.189. The van der Waals surface area contributed by atoms with Crippen molar-refractivity contribution in [1.29, 1.82) is 0 Å². The summed E-state index contributed by atoms with van der Waals surface area (Å²) >= 11 is 0. The summed E-state index contributed by atoms with van der Waals surface area (Å²) in [4.78, 5) is 24.9. The van der Waals surface area contributed by atoms with Gasteiger partial charge < -0.3 is 19.7 Å². The number of carbonyl (C=O) groups is 2. The van der Waals surface area contributed by atoms with Crippen molar-refractivity contribution in [3.05, 3.63) is 24.3 Å². The van der Waals surface area contributed by atoms with E-state index < -0.39 is 0 Å². The number of amides is 2. The molecule has 0 saturated heterocycles. The van der Waals surface area contributed by atoms with Crippen LogP contribution in [0.25, 0.3) is 0 Å². The van der Waals surface area contributed by atoms with E-state index in [4.69, 9.17) is 9.47 Å². The molecule has 0 fully saturated rings. The van der Waals surface area contributed by atoms with E-state index in [1.165, 1.54) is 11.8 Å². The molecule has 0 unspecified atom stereocenters. The Morgan fingerprint density at radius 3 is 2.65 bits per heavy atom. The highest BCUT2D eigenvalue weighted by molar-refractivity contribution is 5.97. The molecule has 0 spiro atoms. The number of benzene rings is 1. The number of ether oxygens (including phenoxy) is 2. The van der Waals surface area contributed by atoms with Crippen LogP contribution < -0.4 is 15.0 Å². The average Bonchev–Trinajstić information content (AvgIpc) is 2.44. The van der Waals surface area contributed by atoms with E-state index in [1.54, 1.807) is 38.5 Å². The fraction of sp³-hybridized carbons (Fsp3) is 0.429. The van der Waals surface area contributed by atoms with E-state index in [-0.39, 0.29) is 18.4 Å². The zero-order valence-electron chi connectivity index (χ0n) is 12.0. The molecule has 6 heteroatoms. The van der Waals surface area contributed by atoms with E-state index in [0.717, 1.165) is 0 Å². The topological polar surface area (TPSA) is 67.9 Å². The smallest absolute Gasteiger partial charge is 0.240 e. The average molecular weight is 280 g/mol. The van der Waals surface area contributed by atoms with Crippen LogP contribution in [0, 0.1) is 0 Å². The van der Waals surface area contributed by atoms with Crippen molar-refractivity contribution in [2.75, 3.05) is 38.8 Å². The van der Waals surface area contributed by atoms with Gasteiger partial charge in [0.05, 0.1) is 13.7 Å². The number of nitrogens with zero attached hydrogens (tertiary/aromatic N) is 1. The van der Waals surface area contributed by atoms with Gasteiger partial charge in [-0.15, -0.1) is 0 Å². The maximum absolute atomic E-state index is 11.8. The van der Waals surface area contributed by atoms with Crippen LogP contribution in [0.5, 0.6) is 5.75 Å². The van der Waals surface area contributed by atoms with Crippen molar-refractivity contribution < 1.29 is 19.1 Å². The second-order valence-corrected chi connectivity index (χ2v) is 4.15. The summed E-state index contributed by atoms with van der Waals surface area (Å²) in [6, 6.07) is 7.02. The van der Waals surface area contributed by atoms with Crippen molar-refractivity contribution in [3.63, 3.8) is 0 Å². The standard InChI is InChI=1S/C14H20N2O4/c1-11(17)16(10-14(18)15-7-8-19-2)12-5-4-6-13(9-12)20-3/h4-6,9H,7-8,10H2,1-3H3,(H,15,18). The van der Waals surface area contributed by atoms with Crippen LogP contribution >= 0.6 is 0 Å². The third kappa shape index (κ3) is 4.89. The SMILES string of the molecule is COCCNC(=O)CN(C(C)=O)c1cccc(OC)c1. The van der Waals surface area contributed by atoms with Crippen LogP contribution in [0.3, 0.4) is 0 Å². The third-order valence-electron chi connectivity index (χ3n) is 2.68. The molecule has 0 aromatic heterocycles. The minimum absolute atomic E-state index is 0.0355. The number of rotatable bonds is 7. The number of hydrogen-bond donors (Lipinski definition) is 1. The highest BCUT2D eigenvalue weighted by atomic mass is 16.5. The van der Waals surface area contributed by atoms with E-state index in [0.29, 0.717) is 24.6 Å². The maximum atomic E-state index is 11.8. The Labute approximate surface area is 118 Å². The third-order valence-corrected chi connectivity index (χ3v) is 2.68. The Bertz CT molecular complexity index is 462. The molecule has 1 N–H and O–H groups in total. The number of anilines is 1. The molecule has 0 aliphatic carbocycles. The molecule has 1 aromatic carbocycles. The van der Waals surface area contributed by atoms with Crippen molar-refractivity contribution >= 4 is 17.5 Å². The van der Waals surface area contributed by atoms with Crippen LogP contribution in [0.1, 0.15) is 6.92 Å². The Morgan fingerprint density at radius 1 is 1.30 bits per heavy atom. The van der Waals surface area contributed by atoms with Gasteiger partial charge >= 0.3 is 0 Å². The summed E-state index contributed by atoms with van der Waals surface area (Å²) in [6.07, 6.45) is 0. The molecule has 0 heterocycles. The quantitative estimate of drug-likeness (QED) is 0.751. The highest BCUT2D eigenvalue weighted by Gasteiger charge is 2.15. The van der Waals surface area contributed by atoms with Crippen LogP contribution in [-0.2, 0) is 14.3 Å². The predicted octanol–water partition coefficient (Wildman–Crippen LogP) is 0.811. The van der Waals surface area contributed by atoms with Gasteiger partial charge in [0.25, 0.3) is 0 Å². The summed E-state index contributed by atoms with van der Waals surface area (Å²) in [7, 11) is 3.11. The monoisotopic (exact) mass is 280 g/mol. The molecule has 0 aliphatic rings. The lowest BCUT2D eigenvalue weighted by Crippen LogP contribution is -2.40. The summed E-state index contributed by atoms with van der Waals surface area (Å²) < 4.78 is 9.96. The molecule has 0 aliphatic heterocycles. The van der Waals surface area contributed by atoms with Gasteiger partial charge in [-0.05, 0) is 12.1 Å². The fourth-order valence-electron chi connectivity index (χ4n) is 1.65. The normalized spacial score (nSPS) is 9.95. The van der Waals surface area contributed by atoms with Gasteiger partial charge in [0, 0.05) is 32.3 Å². The highest BCUT2D eigenvalue weighted by Crippen LogP contribution is 2.20. The predicted molar refractivity (Wildman–Crippen MR) is 75.9 cm³/mol. The maximum Gasteiger partial charge on any atom is 0.240 e. The summed E-state index contributed by atoms with van der Waals surface area (Å²) in [5, 5.41) is 2.68.